The SMILES string of the molecule is Cc1csc(Nc2cc(Oc3ccccc3C#N)ccn2)n1. The Morgan fingerprint density at radius 1 is 1.27 bits per heavy atom. The summed E-state index contributed by atoms with van der Waals surface area (Å²) >= 11 is 1.51. The molecule has 3 rings (SSSR count). The second kappa shape index (κ2) is 6.24. The minimum absolute atomic E-state index is 0.490. The molecule has 1 N–H and O–H groups in total. The predicted molar refractivity (Wildman–Crippen MR) is 85.6 cm³/mol. The molecule has 0 unspecified atom stereocenters. The van der Waals surface area contributed by atoms with Gasteiger partial charge in [0.05, 0.1) is 11.3 Å². The first-order valence-corrected chi connectivity index (χ1v) is 7.45. The third kappa shape index (κ3) is 3.22. The summed E-state index contributed by atoms with van der Waals surface area (Å²) in [6.45, 7) is 1.94. The van der Waals surface area contributed by atoms with Gasteiger partial charge in [0.15, 0.2) is 5.13 Å². The Hall–Kier alpha value is -2.91. The van der Waals surface area contributed by atoms with Gasteiger partial charge < -0.3 is 10.1 Å². The van der Waals surface area contributed by atoms with Crippen molar-refractivity contribution in [1.29, 1.82) is 5.26 Å². The van der Waals surface area contributed by atoms with E-state index in [1.807, 2.05) is 18.4 Å². The quantitative estimate of drug-likeness (QED) is 0.780. The molecular formula is C16H12N4OS. The lowest BCUT2D eigenvalue weighted by molar-refractivity contribution is 0.480. The number of rotatable bonds is 4. The maximum absolute atomic E-state index is 9.09. The molecule has 0 aliphatic rings. The van der Waals surface area contributed by atoms with Crippen molar-refractivity contribution in [3.05, 3.63) is 59.2 Å². The molecule has 0 atom stereocenters. The summed E-state index contributed by atoms with van der Waals surface area (Å²) in [5, 5.41) is 15.0. The van der Waals surface area contributed by atoms with Crippen molar-refractivity contribution in [3.63, 3.8) is 0 Å². The maximum Gasteiger partial charge on any atom is 0.188 e. The molecule has 108 valence electrons. The molecule has 5 nitrogen and oxygen atoms in total. The summed E-state index contributed by atoms with van der Waals surface area (Å²) in [6, 6.07) is 12.7. The summed E-state index contributed by atoms with van der Waals surface area (Å²) in [5.74, 6) is 1.77. The smallest absolute Gasteiger partial charge is 0.188 e. The molecule has 1 aromatic carbocycles. The summed E-state index contributed by atoms with van der Waals surface area (Å²) < 4.78 is 5.76. The van der Waals surface area contributed by atoms with E-state index in [4.69, 9.17) is 10.00 Å². The third-order valence-corrected chi connectivity index (χ3v) is 3.70. The molecule has 0 amide bonds. The van der Waals surface area contributed by atoms with Crippen LogP contribution in [-0.4, -0.2) is 9.97 Å². The lowest BCUT2D eigenvalue weighted by Gasteiger charge is -2.08. The highest BCUT2D eigenvalue weighted by Gasteiger charge is 2.06. The van der Waals surface area contributed by atoms with E-state index in [2.05, 4.69) is 21.4 Å². The van der Waals surface area contributed by atoms with Crippen LogP contribution in [0.2, 0.25) is 0 Å². The zero-order valence-electron chi connectivity index (χ0n) is 11.8. The van der Waals surface area contributed by atoms with Gasteiger partial charge in [-0.2, -0.15) is 5.26 Å². The molecule has 0 radical (unpaired) electrons. The molecule has 3 aromatic rings. The lowest BCUT2D eigenvalue weighted by atomic mass is 10.2. The number of nitrogens with one attached hydrogen (secondary N) is 1. The van der Waals surface area contributed by atoms with Gasteiger partial charge in [-0.15, -0.1) is 11.3 Å². The van der Waals surface area contributed by atoms with Gasteiger partial charge in [-0.05, 0) is 25.1 Å². The summed E-state index contributed by atoms with van der Waals surface area (Å²) in [6.07, 6.45) is 1.65. The topological polar surface area (TPSA) is 70.8 Å². The Morgan fingerprint density at radius 3 is 2.91 bits per heavy atom. The van der Waals surface area contributed by atoms with Crippen molar-refractivity contribution < 1.29 is 4.74 Å². The number of nitriles is 1. The molecule has 0 fully saturated rings. The third-order valence-electron chi connectivity index (χ3n) is 2.82. The van der Waals surface area contributed by atoms with Gasteiger partial charge in [0.25, 0.3) is 0 Å². The number of anilines is 2. The van der Waals surface area contributed by atoms with Crippen LogP contribution in [0, 0.1) is 18.3 Å². The van der Waals surface area contributed by atoms with Gasteiger partial charge in [0.2, 0.25) is 0 Å². The Morgan fingerprint density at radius 2 is 2.14 bits per heavy atom. The molecule has 2 aromatic heterocycles. The number of aromatic nitrogens is 2. The normalized spacial score (nSPS) is 10.0. The van der Waals surface area contributed by atoms with Gasteiger partial charge in [-0.25, -0.2) is 9.97 Å². The molecule has 0 spiro atoms. The molecule has 6 heteroatoms. The van der Waals surface area contributed by atoms with E-state index in [9.17, 15) is 0 Å². The van der Waals surface area contributed by atoms with E-state index < -0.39 is 0 Å². The minimum Gasteiger partial charge on any atom is -0.456 e. The fraction of sp³-hybridized carbons (Fsp3) is 0.0625. The summed E-state index contributed by atoms with van der Waals surface area (Å²) in [5.41, 5.74) is 1.45. The van der Waals surface area contributed by atoms with Crippen LogP contribution in [0.25, 0.3) is 0 Å². The first-order chi connectivity index (χ1) is 10.7. The molecule has 2 heterocycles. The fourth-order valence-corrected chi connectivity index (χ4v) is 2.53. The van der Waals surface area contributed by atoms with Crippen molar-refractivity contribution in [3.8, 4) is 17.6 Å². The van der Waals surface area contributed by atoms with Crippen LogP contribution in [-0.2, 0) is 0 Å². The molecule has 0 saturated heterocycles. The second-order valence-electron chi connectivity index (χ2n) is 4.51. The fourth-order valence-electron chi connectivity index (χ4n) is 1.84. The lowest BCUT2D eigenvalue weighted by Crippen LogP contribution is -1.94. The number of para-hydroxylation sites is 1. The number of benzene rings is 1. The van der Waals surface area contributed by atoms with E-state index >= 15 is 0 Å². The van der Waals surface area contributed by atoms with Gasteiger partial charge in [0.1, 0.15) is 23.4 Å². The Labute approximate surface area is 131 Å². The van der Waals surface area contributed by atoms with E-state index in [0.717, 1.165) is 10.8 Å². The number of pyridine rings is 1. The Bertz CT molecular complexity index is 838. The highest BCUT2D eigenvalue weighted by Crippen LogP contribution is 2.27. The first-order valence-electron chi connectivity index (χ1n) is 6.57. The zero-order valence-corrected chi connectivity index (χ0v) is 12.6. The van der Waals surface area contributed by atoms with Crippen molar-refractivity contribution in [2.24, 2.45) is 0 Å². The number of ether oxygens (including phenoxy) is 1. The van der Waals surface area contributed by atoms with Crippen molar-refractivity contribution in [2.75, 3.05) is 5.32 Å². The molecule has 0 saturated carbocycles. The molecular weight excluding hydrogens is 296 g/mol. The van der Waals surface area contributed by atoms with Crippen molar-refractivity contribution in [2.45, 2.75) is 6.92 Å². The molecule has 0 bridgehead atoms. The van der Waals surface area contributed by atoms with Gasteiger partial charge in [0, 0.05) is 17.6 Å². The molecule has 22 heavy (non-hydrogen) atoms. The summed E-state index contributed by atoms with van der Waals surface area (Å²) in [4.78, 5) is 8.57. The second-order valence-corrected chi connectivity index (χ2v) is 5.36. The van der Waals surface area contributed by atoms with Crippen molar-refractivity contribution in [1.82, 2.24) is 9.97 Å². The first kappa shape index (κ1) is 14.0. The number of nitrogens with zero attached hydrogens (tertiary/aromatic N) is 3. The van der Waals surface area contributed by atoms with E-state index in [1.54, 1.807) is 36.5 Å². The van der Waals surface area contributed by atoms with Crippen LogP contribution in [0.5, 0.6) is 11.5 Å². The standard InChI is InChI=1S/C16H12N4OS/c1-11-10-22-16(19-11)20-15-8-13(6-7-18-15)21-14-5-3-2-4-12(14)9-17/h2-8,10H,1H3,(H,18,19,20). The number of hydrogen-bond donors (Lipinski definition) is 1. The van der Waals surface area contributed by atoms with E-state index in [1.165, 1.54) is 11.3 Å². The molecule has 0 aliphatic carbocycles. The van der Waals surface area contributed by atoms with Crippen LogP contribution in [0.4, 0.5) is 10.9 Å². The minimum atomic E-state index is 0.490. The van der Waals surface area contributed by atoms with Crippen LogP contribution < -0.4 is 10.1 Å². The predicted octanol–water partition coefficient (Wildman–Crippen LogP) is 4.25. The monoisotopic (exact) mass is 308 g/mol. The van der Waals surface area contributed by atoms with Gasteiger partial charge in [-0.3, -0.25) is 0 Å². The average Bonchev–Trinajstić information content (AvgIpc) is 2.93. The zero-order chi connectivity index (χ0) is 15.4. The van der Waals surface area contributed by atoms with E-state index in [-0.39, 0.29) is 0 Å². The highest BCUT2D eigenvalue weighted by atomic mass is 32.1. The molecule has 0 aliphatic heterocycles. The number of thiazole rings is 1. The largest absolute Gasteiger partial charge is 0.456 e. The van der Waals surface area contributed by atoms with Crippen molar-refractivity contribution >= 4 is 22.3 Å². The summed E-state index contributed by atoms with van der Waals surface area (Å²) in [7, 11) is 0. The number of aryl methyl sites for hydroxylation is 1. The van der Waals surface area contributed by atoms with Crippen LogP contribution in [0.3, 0.4) is 0 Å². The van der Waals surface area contributed by atoms with E-state index in [0.29, 0.717) is 22.9 Å². The highest BCUT2D eigenvalue weighted by molar-refractivity contribution is 7.13. The van der Waals surface area contributed by atoms with Crippen LogP contribution >= 0.6 is 11.3 Å². The Balaban J connectivity index is 1.81. The number of hydrogen-bond acceptors (Lipinski definition) is 6. The van der Waals surface area contributed by atoms with Gasteiger partial charge in [-0.1, -0.05) is 12.1 Å². The Kier molecular flexibility index (Phi) is 3.99. The van der Waals surface area contributed by atoms with Crippen LogP contribution in [0.15, 0.2) is 48.0 Å². The maximum atomic E-state index is 9.09. The van der Waals surface area contributed by atoms with Gasteiger partial charge >= 0.3 is 0 Å². The average molecular weight is 308 g/mol. The van der Waals surface area contributed by atoms with Crippen LogP contribution in [0.1, 0.15) is 11.3 Å².